The molecule has 1 heterocycles. The van der Waals surface area contributed by atoms with Crippen LogP contribution < -0.4 is 0 Å². The first kappa shape index (κ1) is 23.1. The number of hydrogen-bond acceptors (Lipinski definition) is 8. The lowest BCUT2D eigenvalue weighted by molar-refractivity contribution is -0.404. The van der Waals surface area contributed by atoms with Gasteiger partial charge in [-0.2, -0.15) is 0 Å². The summed E-state index contributed by atoms with van der Waals surface area (Å²) in [7, 11) is 0. The molecule has 0 atom stereocenters. The van der Waals surface area contributed by atoms with Crippen molar-refractivity contribution < 1.29 is 19.9 Å². The lowest BCUT2D eigenvalue weighted by Crippen LogP contribution is -1.97. The van der Waals surface area contributed by atoms with E-state index in [4.69, 9.17) is 10.1 Å². The fourth-order valence-corrected chi connectivity index (χ4v) is 2.92. The van der Waals surface area contributed by atoms with E-state index in [0.717, 1.165) is 11.9 Å². The number of phenols is 1. The largest absolute Gasteiger partial charge is 0.497 e. The van der Waals surface area contributed by atoms with Gasteiger partial charge in [0.25, 0.3) is 11.4 Å². The van der Waals surface area contributed by atoms with Gasteiger partial charge in [-0.15, -0.1) is 0 Å². The Kier molecular flexibility index (Phi) is 6.80. The van der Waals surface area contributed by atoms with Crippen LogP contribution in [0, 0.1) is 51.1 Å². The van der Waals surface area contributed by atoms with E-state index < -0.39 is 37.6 Å². The third-order valence-corrected chi connectivity index (χ3v) is 4.72. The number of nitro benzene ring substituents is 3. The Bertz CT molecular complexity index is 1170. The van der Waals surface area contributed by atoms with Gasteiger partial charge in [-0.25, -0.2) is 0 Å². The predicted molar refractivity (Wildman–Crippen MR) is 113 cm³/mol. The first-order chi connectivity index (χ1) is 14.5. The molecule has 1 aromatic heterocycles. The van der Waals surface area contributed by atoms with Crippen LogP contribution in [0.5, 0.6) is 5.75 Å². The maximum Gasteiger partial charge on any atom is 0.324 e. The average molecular weight is 428 g/mol. The van der Waals surface area contributed by atoms with Gasteiger partial charge in [-0.05, 0) is 62.1 Å². The number of aromatic nitrogens is 1. The molecule has 0 aliphatic carbocycles. The van der Waals surface area contributed by atoms with Crippen molar-refractivity contribution in [3.8, 4) is 5.75 Å². The number of hydrogen-bond donors (Lipinski definition) is 1. The number of phenolic OH excluding ortho intramolecular Hbond substituents is 1. The van der Waals surface area contributed by atoms with Crippen molar-refractivity contribution in [3.05, 3.63) is 83.1 Å². The molecule has 31 heavy (non-hydrogen) atoms. The van der Waals surface area contributed by atoms with E-state index in [-0.39, 0.29) is 0 Å². The average Bonchev–Trinajstić information content (AvgIpc) is 2.69. The number of nitrogens with zero attached hydrogens (tertiary/aromatic N) is 4. The van der Waals surface area contributed by atoms with Crippen LogP contribution in [-0.2, 0) is 6.42 Å². The second kappa shape index (κ2) is 9.11. The highest BCUT2D eigenvalue weighted by Crippen LogP contribution is 2.38. The Morgan fingerprint density at radius 1 is 0.806 bits per heavy atom. The molecule has 0 radical (unpaired) electrons. The fourth-order valence-electron chi connectivity index (χ4n) is 2.92. The molecule has 1 N–H and O–H groups in total. The van der Waals surface area contributed by atoms with Crippen LogP contribution in [0.25, 0.3) is 10.9 Å². The van der Waals surface area contributed by atoms with Crippen LogP contribution in [0.15, 0.2) is 30.3 Å². The topological polar surface area (TPSA) is 163 Å². The molecule has 0 bridgehead atoms. The number of pyridine rings is 1. The van der Waals surface area contributed by atoms with Crippen molar-refractivity contribution in [2.45, 2.75) is 34.1 Å². The molecule has 0 aliphatic heterocycles. The second-order valence-electron chi connectivity index (χ2n) is 6.84. The fraction of sp³-hybridized carbons (Fsp3) is 0.250. The zero-order valence-electron chi connectivity index (χ0n) is 17.3. The number of aromatic hydroxyl groups is 1. The van der Waals surface area contributed by atoms with Crippen LogP contribution in [0.2, 0.25) is 0 Å². The molecule has 2 aromatic carbocycles. The summed E-state index contributed by atoms with van der Waals surface area (Å²) in [6.45, 7) is 8.59. The minimum atomic E-state index is -1.21. The van der Waals surface area contributed by atoms with Crippen LogP contribution in [0.3, 0.4) is 0 Å². The van der Waals surface area contributed by atoms with Crippen LogP contribution >= 0.6 is 0 Å². The molecule has 11 heteroatoms. The first-order valence-electron chi connectivity index (χ1n) is 9.13. The van der Waals surface area contributed by atoms with E-state index in [0.29, 0.717) is 12.1 Å². The Hall–Kier alpha value is -4.15. The summed E-state index contributed by atoms with van der Waals surface area (Å²) >= 11 is 0. The molecule has 11 nitrogen and oxygen atoms in total. The molecule has 0 aliphatic rings. The smallest absolute Gasteiger partial charge is 0.324 e. The number of benzene rings is 2. The van der Waals surface area contributed by atoms with Crippen LogP contribution in [-0.4, -0.2) is 24.9 Å². The maximum absolute atomic E-state index is 10.4. The van der Waals surface area contributed by atoms with Gasteiger partial charge in [0, 0.05) is 11.1 Å². The molecule has 0 saturated heterocycles. The summed E-state index contributed by atoms with van der Waals surface area (Å²) in [5, 5.41) is 41.5. The molecular formula is C20H20N4O7. The van der Waals surface area contributed by atoms with Crippen molar-refractivity contribution >= 4 is 28.0 Å². The van der Waals surface area contributed by atoms with Gasteiger partial charge < -0.3 is 5.11 Å². The van der Waals surface area contributed by atoms with Gasteiger partial charge in [-0.1, -0.05) is 6.92 Å². The highest BCUT2D eigenvalue weighted by Gasteiger charge is 2.30. The van der Waals surface area contributed by atoms with Crippen molar-refractivity contribution in [2.75, 3.05) is 0 Å². The van der Waals surface area contributed by atoms with Gasteiger partial charge >= 0.3 is 11.4 Å². The zero-order chi connectivity index (χ0) is 23.5. The summed E-state index contributed by atoms with van der Waals surface area (Å²) in [6.07, 6.45) is 1.01. The molecule has 0 saturated carbocycles. The van der Waals surface area contributed by atoms with Crippen molar-refractivity contribution in [1.82, 2.24) is 4.98 Å². The van der Waals surface area contributed by atoms with Gasteiger partial charge in [0.1, 0.15) is 0 Å². The summed E-state index contributed by atoms with van der Waals surface area (Å²) < 4.78 is 0. The molecule has 162 valence electrons. The minimum Gasteiger partial charge on any atom is -0.497 e. The monoisotopic (exact) mass is 428 g/mol. The van der Waals surface area contributed by atoms with Crippen molar-refractivity contribution in [2.24, 2.45) is 0 Å². The van der Waals surface area contributed by atoms with Crippen LogP contribution in [0.1, 0.15) is 29.3 Å². The molecule has 3 aromatic rings. The van der Waals surface area contributed by atoms with Gasteiger partial charge in [0.2, 0.25) is 0 Å². The third kappa shape index (κ3) is 5.07. The standard InChI is InChI=1S/C14H17N.C6H3N3O7/c1-5-13-11(4)7-12-6-9(2)10(3)8-14(12)15-13;10-6-4(8(13)14)1-3(7(11)12)2-5(6)9(15)16/h6-8H,5H2,1-4H3;1-2,10H. The van der Waals surface area contributed by atoms with E-state index in [1.807, 2.05) is 0 Å². The highest BCUT2D eigenvalue weighted by atomic mass is 16.6. The Balaban J connectivity index is 0.000000220. The first-order valence-corrected chi connectivity index (χ1v) is 9.13. The van der Waals surface area contributed by atoms with Crippen LogP contribution in [0.4, 0.5) is 17.1 Å². The SMILES string of the molecule is CCc1nc2cc(C)c(C)cc2cc1C.O=[N+]([O-])c1cc([N+](=O)[O-])c(O)c([N+](=O)[O-])c1. The molecule has 0 spiro atoms. The normalized spacial score (nSPS) is 10.3. The van der Waals surface area contributed by atoms with E-state index in [1.54, 1.807) is 0 Å². The molecule has 0 unspecified atom stereocenters. The maximum atomic E-state index is 10.4. The highest BCUT2D eigenvalue weighted by molar-refractivity contribution is 5.81. The second-order valence-corrected chi connectivity index (χ2v) is 6.84. The minimum absolute atomic E-state index is 0.447. The number of nitro groups is 3. The Morgan fingerprint density at radius 2 is 1.29 bits per heavy atom. The van der Waals surface area contributed by atoms with E-state index in [2.05, 4.69) is 45.9 Å². The number of non-ortho nitro benzene ring substituents is 1. The molecule has 0 amide bonds. The lowest BCUT2D eigenvalue weighted by atomic mass is 10.0. The van der Waals surface area contributed by atoms with Gasteiger partial charge in [0.15, 0.2) is 0 Å². The molecule has 3 rings (SSSR count). The lowest BCUT2D eigenvalue weighted by Gasteiger charge is -2.07. The van der Waals surface area contributed by atoms with Gasteiger partial charge in [-0.3, -0.25) is 35.3 Å². The van der Waals surface area contributed by atoms with Crippen molar-refractivity contribution in [1.29, 1.82) is 0 Å². The number of aryl methyl sites for hydroxylation is 4. The summed E-state index contributed by atoms with van der Waals surface area (Å²) in [4.78, 5) is 32.5. The number of rotatable bonds is 4. The summed E-state index contributed by atoms with van der Waals surface area (Å²) in [5.74, 6) is -1.21. The Morgan fingerprint density at radius 3 is 1.74 bits per heavy atom. The summed E-state index contributed by atoms with van der Waals surface area (Å²) in [5.41, 5.74) is 3.30. The number of fused-ring (bicyclic) bond motifs is 1. The Labute approximate surface area is 176 Å². The van der Waals surface area contributed by atoms with Crippen molar-refractivity contribution in [3.63, 3.8) is 0 Å². The molecule has 0 fully saturated rings. The van der Waals surface area contributed by atoms with E-state index in [9.17, 15) is 30.3 Å². The third-order valence-electron chi connectivity index (χ3n) is 4.72. The quantitative estimate of drug-likeness (QED) is 0.456. The summed E-state index contributed by atoms with van der Waals surface area (Å²) in [6, 6.07) is 7.55. The van der Waals surface area contributed by atoms with Gasteiger partial charge in [0.05, 0.1) is 32.4 Å². The van der Waals surface area contributed by atoms with E-state index in [1.165, 1.54) is 27.8 Å². The van der Waals surface area contributed by atoms with E-state index >= 15 is 0 Å². The molecular weight excluding hydrogens is 408 g/mol. The zero-order valence-corrected chi connectivity index (χ0v) is 17.3. The predicted octanol–water partition coefficient (Wildman–Crippen LogP) is 4.84.